The number of nitrogens with two attached hydrogens (primary N) is 1. The Kier molecular flexibility index (Phi) is 5.77. The first-order valence-corrected chi connectivity index (χ1v) is 4.86. The number of nitrogens with one attached hydrogen (secondary N) is 1. The third-order valence-corrected chi connectivity index (χ3v) is 1.85. The highest BCUT2D eigenvalue weighted by molar-refractivity contribution is 4.85. The van der Waals surface area contributed by atoms with Gasteiger partial charge in [-0.1, -0.05) is 20.8 Å². The SMILES string of the molecule is C#CCCNC(CN)CC(C)(C)C. The van der Waals surface area contributed by atoms with Crippen LogP contribution >= 0.6 is 0 Å². The first-order chi connectivity index (χ1) is 5.99. The molecule has 0 bridgehead atoms. The second-order valence-corrected chi connectivity index (χ2v) is 4.61. The minimum atomic E-state index is 0.327. The fraction of sp³-hybridized carbons (Fsp3) is 0.818. The Bertz CT molecular complexity index is 162. The minimum Gasteiger partial charge on any atom is -0.329 e. The molecule has 0 aromatic rings. The van der Waals surface area contributed by atoms with E-state index in [4.69, 9.17) is 12.2 Å². The molecule has 13 heavy (non-hydrogen) atoms. The van der Waals surface area contributed by atoms with Crippen LogP contribution < -0.4 is 11.1 Å². The van der Waals surface area contributed by atoms with E-state index in [0.717, 1.165) is 19.4 Å². The Morgan fingerprint density at radius 1 is 1.46 bits per heavy atom. The Morgan fingerprint density at radius 3 is 2.46 bits per heavy atom. The molecule has 0 radical (unpaired) electrons. The molecule has 1 unspecified atom stereocenters. The molecule has 0 aromatic heterocycles. The van der Waals surface area contributed by atoms with Gasteiger partial charge in [-0.2, -0.15) is 0 Å². The molecule has 0 saturated carbocycles. The van der Waals surface area contributed by atoms with Crippen LogP contribution in [0.5, 0.6) is 0 Å². The summed E-state index contributed by atoms with van der Waals surface area (Å²) in [6, 6.07) is 0.397. The van der Waals surface area contributed by atoms with Crippen LogP contribution in [0.4, 0.5) is 0 Å². The topological polar surface area (TPSA) is 38.0 Å². The molecule has 0 aromatic carbocycles. The summed E-state index contributed by atoms with van der Waals surface area (Å²) in [4.78, 5) is 0. The maximum atomic E-state index is 5.65. The van der Waals surface area contributed by atoms with Crippen molar-refractivity contribution in [1.29, 1.82) is 0 Å². The van der Waals surface area contributed by atoms with Gasteiger partial charge in [-0.15, -0.1) is 12.3 Å². The van der Waals surface area contributed by atoms with Gasteiger partial charge in [0.05, 0.1) is 0 Å². The quantitative estimate of drug-likeness (QED) is 0.498. The van der Waals surface area contributed by atoms with E-state index in [0.29, 0.717) is 18.0 Å². The molecule has 0 rings (SSSR count). The first kappa shape index (κ1) is 12.5. The molecule has 0 spiro atoms. The fourth-order valence-corrected chi connectivity index (χ4v) is 1.33. The van der Waals surface area contributed by atoms with Gasteiger partial charge < -0.3 is 11.1 Å². The van der Waals surface area contributed by atoms with Gasteiger partial charge in [0.1, 0.15) is 0 Å². The Hall–Kier alpha value is -0.520. The second kappa shape index (κ2) is 6.01. The monoisotopic (exact) mass is 182 g/mol. The maximum Gasteiger partial charge on any atom is 0.0212 e. The van der Waals surface area contributed by atoms with E-state index >= 15 is 0 Å². The Balaban J connectivity index is 3.71. The number of hydrogen-bond donors (Lipinski definition) is 2. The molecule has 0 heterocycles. The van der Waals surface area contributed by atoms with Crippen LogP contribution in [0.15, 0.2) is 0 Å². The van der Waals surface area contributed by atoms with Gasteiger partial charge >= 0.3 is 0 Å². The lowest BCUT2D eigenvalue weighted by molar-refractivity contribution is 0.312. The van der Waals surface area contributed by atoms with Crippen LogP contribution in [-0.4, -0.2) is 19.1 Å². The van der Waals surface area contributed by atoms with E-state index in [9.17, 15) is 0 Å². The molecule has 0 fully saturated rings. The zero-order chi connectivity index (χ0) is 10.3. The van der Waals surface area contributed by atoms with Crippen LogP contribution in [0, 0.1) is 17.8 Å². The lowest BCUT2D eigenvalue weighted by atomic mass is 9.88. The van der Waals surface area contributed by atoms with Crippen LogP contribution in [0.3, 0.4) is 0 Å². The third kappa shape index (κ3) is 7.83. The van der Waals surface area contributed by atoms with Crippen molar-refractivity contribution in [2.75, 3.05) is 13.1 Å². The van der Waals surface area contributed by atoms with E-state index in [1.807, 2.05) is 0 Å². The smallest absolute Gasteiger partial charge is 0.0212 e. The van der Waals surface area contributed by atoms with Crippen molar-refractivity contribution in [2.24, 2.45) is 11.1 Å². The van der Waals surface area contributed by atoms with Crippen molar-refractivity contribution in [3.05, 3.63) is 0 Å². The fourth-order valence-electron chi connectivity index (χ4n) is 1.33. The van der Waals surface area contributed by atoms with E-state index in [1.54, 1.807) is 0 Å². The summed E-state index contributed by atoms with van der Waals surface area (Å²) < 4.78 is 0. The van der Waals surface area contributed by atoms with Crippen molar-refractivity contribution < 1.29 is 0 Å². The molecule has 0 saturated heterocycles. The molecule has 2 heteroatoms. The van der Waals surface area contributed by atoms with Crippen molar-refractivity contribution in [1.82, 2.24) is 5.32 Å². The average molecular weight is 182 g/mol. The lowest BCUT2D eigenvalue weighted by Crippen LogP contribution is -2.39. The van der Waals surface area contributed by atoms with Gasteiger partial charge in [-0.05, 0) is 11.8 Å². The molecule has 0 aliphatic heterocycles. The molecular formula is C11H22N2. The van der Waals surface area contributed by atoms with Crippen molar-refractivity contribution in [2.45, 2.75) is 39.7 Å². The molecular weight excluding hydrogens is 160 g/mol. The standard InChI is InChI=1S/C11H22N2/c1-5-6-7-13-10(9-12)8-11(2,3)4/h1,10,13H,6-9,12H2,2-4H3. The van der Waals surface area contributed by atoms with Gasteiger partial charge in [-0.3, -0.25) is 0 Å². The number of terminal acetylenes is 1. The van der Waals surface area contributed by atoms with Gasteiger partial charge in [0, 0.05) is 25.6 Å². The number of rotatable bonds is 5. The zero-order valence-corrected chi connectivity index (χ0v) is 9.06. The van der Waals surface area contributed by atoms with Crippen LogP contribution in [0.2, 0.25) is 0 Å². The van der Waals surface area contributed by atoms with E-state index < -0.39 is 0 Å². The normalized spacial score (nSPS) is 13.8. The molecule has 3 N–H and O–H groups in total. The van der Waals surface area contributed by atoms with Crippen molar-refractivity contribution in [3.63, 3.8) is 0 Å². The Labute approximate surface area is 82.3 Å². The van der Waals surface area contributed by atoms with Crippen LogP contribution in [0.25, 0.3) is 0 Å². The predicted octanol–water partition coefficient (Wildman–Crippen LogP) is 1.36. The largest absolute Gasteiger partial charge is 0.329 e. The van der Waals surface area contributed by atoms with E-state index in [2.05, 4.69) is 32.0 Å². The van der Waals surface area contributed by atoms with Gasteiger partial charge in [-0.25, -0.2) is 0 Å². The highest BCUT2D eigenvalue weighted by Crippen LogP contribution is 2.20. The maximum absolute atomic E-state index is 5.65. The summed E-state index contributed by atoms with van der Waals surface area (Å²) in [6.07, 6.45) is 7.03. The van der Waals surface area contributed by atoms with Crippen LogP contribution in [0.1, 0.15) is 33.6 Å². The minimum absolute atomic E-state index is 0.327. The van der Waals surface area contributed by atoms with Crippen LogP contribution in [-0.2, 0) is 0 Å². The molecule has 1 atom stereocenters. The highest BCUT2D eigenvalue weighted by Gasteiger charge is 2.16. The summed E-state index contributed by atoms with van der Waals surface area (Å²) in [6.45, 7) is 8.21. The predicted molar refractivity (Wildman–Crippen MR) is 58.4 cm³/mol. The Morgan fingerprint density at radius 2 is 2.08 bits per heavy atom. The summed E-state index contributed by atoms with van der Waals surface area (Å²) in [7, 11) is 0. The molecule has 0 amide bonds. The zero-order valence-electron chi connectivity index (χ0n) is 9.06. The molecule has 0 aliphatic carbocycles. The molecule has 76 valence electrons. The average Bonchev–Trinajstić information content (AvgIpc) is 2.01. The summed E-state index contributed by atoms with van der Waals surface area (Å²) >= 11 is 0. The number of hydrogen-bond acceptors (Lipinski definition) is 2. The van der Waals surface area contributed by atoms with Crippen molar-refractivity contribution in [3.8, 4) is 12.3 Å². The second-order valence-electron chi connectivity index (χ2n) is 4.61. The highest BCUT2D eigenvalue weighted by atomic mass is 14.9. The van der Waals surface area contributed by atoms with Gasteiger partial charge in [0.25, 0.3) is 0 Å². The van der Waals surface area contributed by atoms with Gasteiger partial charge in [0.2, 0.25) is 0 Å². The first-order valence-electron chi connectivity index (χ1n) is 4.86. The lowest BCUT2D eigenvalue weighted by Gasteiger charge is -2.25. The third-order valence-electron chi connectivity index (χ3n) is 1.85. The molecule has 0 aliphatic rings. The summed E-state index contributed by atoms with van der Waals surface area (Å²) in [5.41, 5.74) is 5.97. The van der Waals surface area contributed by atoms with E-state index in [-0.39, 0.29) is 0 Å². The van der Waals surface area contributed by atoms with Gasteiger partial charge in [0.15, 0.2) is 0 Å². The summed E-state index contributed by atoms with van der Waals surface area (Å²) in [5.74, 6) is 2.61. The van der Waals surface area contributed by atoms with Crippen molar-refractivity contribution >= 4 is 0 Å². The molecule has 2 nitrogen and oxygen atoms in total. The van der Waals surface area contributed by atoms with E-state index in [1.165, 1.54) is 0 Å². The summed E-state index contributed by atoms with van der Waals surface area (Å²) in [5, 5.41) is 3.36.